The number of ketones is 1. The predicted octanol–water partition coefficient (Wildman–Crippen LogP) is 5.69. The molecule has 8 heteroatoms. The van der Waals surface area contributed by atoms with Gasteiger partial charge in [0, 0.05) is 21.8 Å². The highest BCUT2D eigenvalue weighted by Gasteiger charge is 2.20. The molecule has 0 bridgehead atoms. The number of aromatic nitrogens is 1. The summed E-state index contributed by atoms with van der Waals surface area (Å²) < 4.78 is 5.27. The van der Waals surface area contributed by atoms with E-state index < -0.39 is 11.4 Å². The number of aryl methyl sites for hydroxylation is 2. The van der Waals surface area contributed by atoms with Crippen molar-refractivity contribution in [1.29, 1.82) is 0 Å². The van der Waals surface area contributed by atoms with Crippen LogP contribution < -0.4 is 10.9 Å². The van der Waals surface area contributed by atoms with Gasteiger partial charge in [0.2, 0.25) is 0 Å². The first-order chi connectivity index (χ1) is 15.8. The molecule has 0 aliphatic rings. The molecule has 0 unspecified atom stereocenters. The Bertz CT molecular complexity index is 1450. The fourth-order valence-corrected chi connectivity index (χ4v) is 4.63. The fraction of sp³-hybridized carbons (Fsp3) is 0.120. The molecule has 1 N–H and O–H groups in total. The minimum absolute atomic E-state index is 0.0319. The summed E-state index contributed by atoms with van der Waals surface area (Å²) in [5.41, 5.74) is 2.05. The van der Waals surface area contributed by atoms with Gasteiger partial charge < -0.3 is 9.73 Å². The number of fused-ring (bicyclic) bond motifs is 1. The van der Waals surface area contributed by atoms with Gasteiger partial charge in [-0.1, -0.05) is 47.6 Å². The number of hydrogen-bond acceptors (Lipinski definition) is 6. The van der Waals surface area contributed by atoms with Crippen LogP contribution in [-0.4, -0.2) is 22.4 Å². The summed E-state index contributed by atoms with van der Waals surface area (Å²) in [5, 5.41) is 4.39. The van der Waals surface area contributed by atoms with Crippen LogP contribution in [0.15, 0.2) is 74.9 Å². The van der Waals surface area contributed by atoms with Crippen LogP contribution in [0, 0.1) is 13.8 Å². The number of carbonyl (C=O) groups excluding carboxylic acids is 2. The van der Waals surface area contributed by atoms with E-state index in [9.17, 15) is 14.4 Å². The summed E-state index contributed by atoms with van der Waals surface area (Å²) in [6.45, 7) is 3.63. The highest BCUT2D eigenvalue weighted by molar-refractivity contribution is 8.00. The number of rotatable bonds is 6. The maximum absolute atomic E-state index is 13.0. The molecule has 0 atom stereocenters. The lowest BCUT2D eigenvalue weighted by Crippen LogP contribution is -2.18. The van der Waals surface area contributed by atoms with Crippen LogP contribution in [0.25, 0.3) is 11.0 Å². The predicted molar refractivity (Wildman–Crippen MR) is 131 cm³/mol. The number of hydrogen-bond donors (Lipinski definition) is 1. The Morgan fingerprint density at radius 3 is 2.64 bits per heavy atom. The molecular weight excluding hydrogens is 460 g/mol. The minimum Gasteiger partial charge on any atom is -0.422 e. The maximum atomic E-state index is 13.0. The van der Waals surface area contributed by atoms with E-state index in [2.05, 4.69) is 10.3 Å². The van der Waals surface area contributed by atoms with Gasteiger partial charge in [-0.2, -0.15) is 0 Å². The number of pyridine rings is 1. The van der Waals surface area contributed by atoms with Crippen molar-refractivity contribution in [2.24, 2.45) is 0 Å². The molecule has 4 aromatic rings. The first kappa shape index (κ1) is 22.8. The molecule has 1 amide bonds. The van der Waals surface area contributed by atoms with Crippen molar-refractivity contribution in [1.82, 2.24) is 4.98 Å². The number of thioether (sulfide) groups is 1. The maximum Gasteiger partial charge on any atom is 0.347 e. The van der Waals surface area contributed by atoms with Gasteiger partial charge in [0.1, 0.15) is 16.2 Å². The van der Waals surface area contributed by atoms with E-state index in [1.54, 1.807) is 54.6 Å². The van der Waals surface area contributed by atoms with Crippen molar-refractivity contribution in [2.75, 3.05) is 11.1 Å². The summed E-state index contributed by atoms with van der Waals surface area (Å²) in [6.07, 6.45) is 0. The van der Waals surface area contributed by atoms with Crippen LogP contribution in [0.1, 0.15) is 32.0 Å². The zero-order valence-electron chi connectivity index (χ0n) is 17.8. The molecule has 0 saturated heterocycles. The monoisotopic (exact) mass is 478 g/mol. The van der Waals surface area contributed by atoms with Crippen molar-refractivity contribution in [3.05, 3.63) is 98.5 Å². The molecule has 0 radical (unpaired) electrons. The molecule has 0 fully saturated rings. The van der Waals surface area contributed by atoms with Crippen molar-refractivity contribution < 1.29 is 14.0 Å². The van der Waals surface area contributed by atoms with Crippen LogP contribution in [-0.2, 0) is 0 Å². The number of para-hydroxylation sites is 1. The lowest BCUT2D eigenvalue weighted by atomic mass is 10.1. The summed E-state index contributed by atoms with van der Waals surface area (Å²) in [4.78, 5) is 42.7. The summed E-state index contributed by atoms with van der Waals surface area (Å²) in [7, 11) is 0. The zero-order valence-corrected chi connectivity index (χ0v) is 19.4. The van der Waals surface area contributed by atoms with Gasteiger partial charge in [-0.25, -0.2) is 9.78 Å². The number of carbonyl (C=O) groups is 2. The number of Topliss-reactive ketones (excluding diaryl/α,β-unsaturated/α-hetero) is 1. The molecule has 2 aromatic heterocycles. The Kier molecular flexibility index (Phi) is 6.62. The zero-order chi connectivity index (χ0) is 23.5. The summed E-state index contributed by atoms with van der Waals surface area (Å²) in [6, 6.07) is 17.2. The van der Waals surface area contributed by atoms with Gasteiger partial charge in [0.25, 0.3) is 5.91 Å². The van der Waals surface area contributed by atoms with Crippen LogP contribution in [0.3, 0.4) is 0 Å². The average molecular weight is 479 g/mol. The second-order valence-corrected chi connectivity index (χ2v) is 8.82. The molecule has 33 heavy (non-hydrogen) atoms. The van der Waals surface area contributed by atoms with Crippen LogP contribution in [0.5, 0.6) is 0 Å². The molecular formula is C25H19ClN2O4S. The molecule has 0 aliphatic carbocycles. The first-order valence-corrected chi connectivity index (χ1v) is 11.4. The number of amides is 1. The second-order valence-electron chi connectivity index (χ2n) is 7.42. The average Bonchev–Trinajstić information content (AvgIpc) is 2.76. The molecule has 166 valence electrons. The Labute approximate surface area is 199 Å². The van der Waals surface area contributed by atoms with E-state index >= 15 is 0 Å². The fourth-order valence-electron chi connectivity index (χ4n) is 3.41. The van der Waals surface area contributed by atoms with Crippen LogP contribution >= 0.6 is 23.4 Å². The minimum atomic E-state index is -0.688. The topological polar surface area (TPSA) is 89.3 Å². The number of benzene rings is 2. The lowest BCUT2D eigenvalue weighted by Gasteiger charge is -2.13. The molecule has 0 aliphatic heterocycles. The number of nitrogens with one attached hydrogen (secondary N) is 1. The standard InChI is InChI=1S/C25H19ClN2O4S/c1-14-10-15(2)27-24(22(14)23(30)28-18-8-5-7-17(26)12-18)33-13-20(29)19-11-16-6-3-4-9-21(16)32-25(19)31/h3-12H,13H2,1-2H3,(H,28,30). The van der Waals surface area contributed by atoms with Crippen molar-refractivity contribution in [3.63, 3.8) is 0 Å². The summed E-state index contributed by atoms with van der Waals surface area (Å²) in [5.74, 6) is -0.833. The van der Waals surface area contributed by atoms with Gasteiger partial charge >= 0.3 is 5.63 Å². The Morgan fingerprint density at radius 1 is 1.06 bits per heavy atom. The van der Waals surface area contributed by atoms with Gasteiger partial charge in [0.05, 0.1) is 11.3 Å². The lowest BCUT2D eigenvalue weighted by molar-refractivity contribution is 0.101. The van der Waals surface area contributed by atoms with E-state index in [1.165, 1.54) is 6.07 Å². The number of nitrogens with zero attached hydrogens (tertiary/aromatic N) is 1. The first-order valence-electron chi connectivity index (χ1n) is 10.1. The van der Waals surface area contributed by atoms with E-state index in [4.69, 9.17) is 16.0 Å². The van der Waals surface area contributed by atoms with Gasteiger partial charge in [0.15, 0.2) is 5.78 Å². The normalized spacial score (nSPS) is 10.9. The molecule has 6 nitrogen and oxygen atoms in total. The molecule has 0 saturated carbocycles. The smallest absolute Gasteiger partial charge is 0.347 e. The van der Waals surface area contributed by atoms with Crippen molar-refractivity contribution in [3.8, 4) is 0 Å². The largest absolute Gasteiger partial charge is 0.422 e. The third-order valence-corrected chi connectivity index (χ3v) is 6.11. The van der Waals surface area contributed by atoms with Gasteiger partial charge in [-0.15, -0.1) is 0 Å². The van der Waals surface area contributed by atoms with Crippen LogP contribution in [0.4, 0.5) is 5.69 Å². The summed E-state index contributed by atoms with van der Waals surface area (Å²) >= 11 is 7.12. The molecule has 2 heterocycles. The Morgan fingerprint density at radius 2 is 1.85 bits per heavy atom. The quantitative estimate of drug-likeness (QED) is 0.218. The molecule has 0 spiro atoms. The SMILES string of the molecule is Cc1cc(C)c(C(=O)Nc2cccc(Cl)c2)c(SCC(=O)c2cc3ccccc3oc2=O)n1. The number of anilines is 1. The Hall–Kier alpha value is -3.42. The number of halogens is 1. The Balaban J connectivity index is 1.59. The van der Waals surface area contributed by atoms with Gasteiger partial charge in [-0.05, 0) is 55.8 Å². The van der Waals surface area contributed by atoms with E-state index in [-0.39, 0.29) is 17.2 Å². The van der Waals surface area contributed by atoms with Crippen molar-refractivity contribution >= 4 is 51.7 Å². The highest BCUT2D eigenvalue weighted by atomic mass is 35.5. The third kappa shape index (κ3) is 5.16. The van der Waals surface area contributed by atoms with Crippen LogP contribution in [0.2, 0.25) is 5.02 Å². The van der Waals surface area contributed by atoms with Crippen molar-refractivity contribution in [2.45, 2.75) is 18.9 Å². The second kappa shape index (κ2) is 9.60. The molecule has 4 rings (SSSR count). The van der Waals surface area contributed by atoms with E-state index in [0.717, 1.165) is 17.3 Å². The highest BCUT2D eigenvalue weighted by Crippen LogP contribution is 2.27. The van der Waals surface area contributed by atoms with E-state index in [0.29, 0.717) is 38.0 Å². The van der Waals surface area contributed by atoms with E-state index in [1.807, 2.05) is 13.8 Å². The third-order valence-electron chi connectivity index (χ3n) is 4.90. The van der Waals surface area contributed by atoms with Gasteiger partial charge in [-0.3, -0.25) is 9.59 Å². The molecule has 2 aromatic carbocycles.